The van der Waals surface area contributed by atoms with Crippen molar-refractivity contribution in [3.8, 4) is 5.75 Å². The van der Waals surface area contributed by atoms with Crippen molar-refractivity contribution in [3.63, 3.8) is 0 Å². The number of hydrogen-bond donors (Lipinski definition) is 1. The van der Waals surface area contributed by atoms with Gasteiger partial charge in [-0.1, -0.05) is 6.07 Å². The summed E-state index contributed by atoms with van der Waals surface area (Å²) in [6.45, 7) is 6.31. The number of H-pyrrole nitrogens is 1. The van der Waals surface area contributed by atoms with Crippen molar-refractivity contribution in [1.82, 2.24) is 14.5 Å². The van der Waals surface area contributed by atoms with Gasteiger partial charge in [-0.3, -0.25) is 0 Å². The Bertz CT molecular complexity index is 712. The fraction of sp³-hybridized carbons (Fsp3) is 0.562. The number of aromatic amines is 1. The summed E-state index contributed by atoms with van der Waals surface area (Å²) in [5, 5.41) is 0. The molecule has 0 radical (unpaired) electrons. The highest BCUT2D eigenvalue weighted by atomic mass is 32.1. The highest BCUT2D eigenvalue weighted by Crippen LogP contribution is 2.38. The largest absolute Gasteiger partial charge is 0.492 e. The molecule has 3 saturated heterocycles. The molecule has 2 bridgehead atoms. The molecule has 0 spiro atoms. The quantitative estimate of drug-likeness (QED) is 0.883. The average molecular weight is 303 g/mol. The van der Waals surface area contributed by atoms with Crippen LogP contribution in [0.1, 0.15) is 25.8 Å². The third-order valence-corrected chi connectivity index (χ3v) is 5.27. The number of nitrogens with zero attached hydrogens (tertiary/aromatic N) is 2. The Labute approximate surface area is 129 Å². The highest BCUT2D eigenvalue weighted by molar-refractivity contribution is 7.71. The first-order valence-electron chi connectivity index (χ1n) is 7.86. The van der Waals surface area contributed by atoms with Crippen molar-refractivity contribution < 1.29 is 4.74 Å². The van der Waals surface area contributed by atoms with Crippen LogP contribution in [-0.2, 0) is 0 Å². The van der Waals surface area contributed by atoms with Gasteiger partial charge in [0, 0.05) is 6.54 Å². The summed E-state index contributed by atoms with van der Waals surface area (Å²) >= 11 is 5.63. The summed E-state index contributed by atoms with van der Waals surface area (Å²) in [6.07, 6.45) is 2.59. The fourth-order valence-corrected chi connectivity index (χ4v) is 4.29. The lowest BCUT2D eigenvalue weighted by molar-refractivity contribution is 0.0582. The van der Waals surface area contributed by atoms with E-state index in [1.807, 2.05) is 13.0 Å². The maximum Gasteiger partial charge on any atom is 0.178 e. The third kappa shape index (κ3) is 2.10. The minimum absolute atomic E-state index is 0.505. The molecular weight excluding hydrogens is 282 g/mol. The molecule has 1 aromatic heterocycles. The van der Waals surface area contributed by atoms with Crippen LogP contribution in [0.2, 0.25) is 0 Å². The summed E-state index contributed by atoms with van der Waals surface area (Å²) < 4.78 is 8.90. The molecule has 3 aliphatic rings. The Morgan fingerprint density at radius 2 is 2.14 bits per heavy atom. The topological polar surface area (TPSA) is 33.2 Å². The van der Waals surface area contributed by atoms with E-state index in [4.69, 9.17) is 17.0 Å². The molecule has 4 heterocycles. The van der Waals surface area contributed by atoms with Crippen molar-refractivity contribution in [3.05, 3.63) is 23.0 Å². The van der Waals surface area contributed by atoms with Crippen molar-refractivity contribution >= 4 is 23.3 Å². The molecule has 1 aromatic carbocycles. The second-order valence-corrected chi connectivity index (χ2v) is 6.48. The predicted molar refractivity (Wildman–Crippen MR) is 86.5 cm³/mol. The van der Waals surface area contributed by atoms with E-state index < -0.39 is 0 Å². The Morgan fingerprint density at radius 3 is 2.81 bits per heavy atom. The normalized spacial score (nSPS) is 28.1. The van der Waals surface area contributed by atoms with Gasteiger partial charge in [-0.25, -0.2) is 0 Å². The molecule has 21 heavy (non-hydrogen) atoms. The van der Waals surface area contributed by atoms with E-state index in [1.54, 1.807) is 0 Å². The van der Waals surface area contributed by atoms with Gasteiger partial charge in [0.05, 0.1) is 18.2 Å². The van der Waals surface area contributed by atoms with Crippen molar-refractivity contribution in [1.29, 1.82) is 0 Å². The molecule has 5 heteroatoms. The summed E-state index contributed by atoms with van der Waals surface area (Å²) in [7, 11) is 0. The summed E-state index contributed by atoms with van der Waals surface area (Å²) in [6, 6.07) is 6.73. The predicted octanol–water partition coefficient (Wildman–Crippen LogP) is 3.36. The van der Waals surface area contributed by atoms with Gasteiger partial charge in [0.15, 0.2) is 4.77 Å². The van der Waals surface area contributed by atoms with E-state index in [9.17, 15) is 0 Å². The van der Waals surface area contributed by atoms with Gasteiger partial charge < -0.3 is 19.2 Å². The van der Waals surface area contributed by atoms with Crippen LogP contribution >= 0.6 is 12.2 Å². The Kier molecular flexibility index (Phi) is 3.27. The van der Waals surface area contributed by atoms with Crippen LogP contribution in [0, 0.1) is 10.7 Å². The SMILES string of the molecule is CCOc1cccc2c1[nH]c(=S)n2C1CN2CCC1CC2. The summed E-state index contributed by atoms with van der Waals surface area (Å²) in [5.41, 5.74) is 2.23. The first kappa shape index (κ1) is 13.3. The maximum absolute atomic E-state index is 5.74. The molecule has 0 aliphatic carbocycles. The number of hydrogen-bond acceptors (Lipinski definition) is 3. The van der Waals surface area contributed by atoms with Crippen LogP contribution in [0.25, 0.3) is 11.0 Å². The number of fused-ring (bicyclic) bond motifs is 4. The molecule has 4 nitrogen and oxygen atoms in total. The second-order valence-electron chi connectivity index (χ2n) is 6.09. The van der Waals surface area contributed by atoms with Gasteiger partial charge in [-0.05, 0) is 63.1 Å². The number of para-hydroxylation sites is 1. The smallest absolute Gasteiger partial charge is 0.178 e. The zero-order valence-corrected chi connectivity index (χ0v) is 13.2. The monoisotopic (exact) mass is 303 g/mol. The lowest BCUT2D eigenvalue weighted by Crippen LogP contribution is -2.48. The van der Waals surface area contributed by atoms with Gasteiger partial charge >= 0.3 is 0 Å². The number of rotatable bonds is 3. The van der Waals surface area contributed by atoms with Crippen molar-refractivity contribution in [2.24, 2.45) is 5.92 Å². The molecule has 3 aliphatic heterocycles. The molecule has 0 saturated carbocycles. The zero-order chi connectivity index (χ0) is 14.4. The molecule has 1 N–H and O–H groups in total. The number of benzene rings is 1. The van der Waals surface area contributed by atoms with Crippen LogP contribution in [-0.4, -0.2) is 40.7 Å². The number of imidazole rings is 1. The summed E-state index contributed by atoms with van der Waals surface area (Å²) in [5.74, 6) is 1.66. The molecule has 1 atom stereocenters. The van der Waals surface area contributed by atoms with E-state index in [1.165, 1.54) is 31.4 Å². The molecule has 2 aromatic rings. The lowest BCUT2D eigenvalue weighted by Gasteiger charge is -2.45. The van der Waals surface area contributed by atoms with E-state index in [0.29, 0.717) is 12.6 Å². The molecule has 3 fully saturated rings. The number of aromatic nitrogens is 2. The average Bonchev–Trinajstić information content (AvgIpc) is 2.86. The van der Waals surface area contributed by atoms with Crippen LogP contribution < -0.4 is 4.74 Å². The van der Waals surface area contributed by atoms with Crippen molar-refractivity contribution in [2.75, 3.05) is 26.2 Å². The zero-order valence-electron chi connectivity index (χ0n) is 12.3. The van der Waals surface area contributed by atoms with Crippen LogP contribution in [0.15, 0.2) is 18.2 Å². The Morgan fingerprint density at radius 1 is 1.33 bits per heavy atom. The molecule has 0 amide bonds. The van der Waals surface area contributed by atoms with E-state index in [2.05, 4.69) is 26.6 Å². The minimum atomic E-state index is 0.505. The molecular formula is C16H21N3OS. The maximum atomic E-state index is 5.74. The lowest BCUT2D eigenvalue weighted by atomic mass is 9.84. The standard InChI is InChI=1S/C16H21N3OS/c1-2-20-14-5-3-4-12-15(14)17-16(21)19(12)13-10-18-8-6-11(13)7-9-18/h3-5,11,13H,2,6-10H2,1H3,(H,17,21). The van der Waals surface area contributed by atoms with Crippen molar-refractivity contribution in [2.45, 2.75) is 25.8 Å². The van der Waals surface area contributed by atoms with Gasteiger partial charge in [0.2, 0.25) is 0 Å². The Balaban J connectivity index is 1.84. The van der Waals surface area contributed by atoms with E-state index >= 15 is 0 Å². The fourth-order valence-electron chi connectivity index (χ4n) is 3.95. The van der Waals surface area contributed by atoms with Crippen LogP contribution in [0.4, 0.5) is 0 Å². The molecule has 1 unspecified atom stereocenters. The van der Waals surface area contributed by atoms with Gasteiger partial charge in [-0.2, -0.15) is 0 Å². The number of nitrogens with one attached hydrogen (secondary N) is 1. The number of ether oxygens (including phenoxy) is 1. The van der Waals surface area contributed by atoms with Gasteiger partial charge in [0.1, 0.15) is 11.3 Å². The Hall–Kier alpha value is -1.33. The molecule has 5 rings (SSSR count). The second kappa shape index (κ2) is 5.14. The first-order valence-corrected chi connectivity index (χ1v) is 8.27. The summed E-state index contributed by atoms with van der Waals surface area (Å²) in [4.78, 5) is 5.94. The minimum Gasteiger partial charge on any atom is -0.492 e. The van der Waals surface area contributed by atoms with Crippen LogP contribution in [0.5, 0.6) is 5.75 Å². The van der Waals surface area contributed by atoms with E-state index in [0.717, 1.165) is 28.5 Å². The highest BCUT2D eigenvalue weighted by Gasteiger charge is 2.36. The number of piperidine rings is 3. The third-order valence-electron chi connectivity index (χ3n) is 4.97. The molecule has 112 valence electrons. The van der Waals surface area contributed by atoms with Crippen LogP contribution in [0.3, 0.4) is 0 Å². The van der Waals surface area contributed by atoms with Gasteiger partial charge in [0.25, 0.3) is 0 Å². The van der Waals surface area contributed by atoms with E-state index in [-0.39, 0.29) is 0 Å². The first-order chi connectivity index (χ1) is 10.3. The van der Waals surface area contributed by atoms with Gasteiger partial charge in [-0.15, -0.1) is 0 Å².